The monoisotopic (exact) mass is 247 g/mol. The Labute approximate surface area is 104 Å². The molecule has 0 N–H and O–H groups in total. The van der Waals surface area contributed by atoms with Crippen LogP contribution in [-0.4, -0.2) is 34.7 Å². The number of benzene rings is 1. The number of nitro groups is 1. The van der Waals surface area contributed by atoms with Gasteiger partial charge in [-0.2, -0.15) is 0 Å². The van der Waals surface area contributed by atoms with Crippen LogP contribution >= 0.6 is 0 Å². The van der Waals surface area contributed by atoms with Gasteiger partial charge in [-0.3, -0.25) is 24.8 Å². The molecule has 1 heterocycles. The molecule has 6 nitrogen and oxygen atoms in total. The maximum absolute atomic E-state index is 12.3. The van der Waals surface area contributed by atoms with Crippen molar-refractivity contribution in [3.8, 4) is 0 Å². The van der Waals surface area contributed by atoms with E-state index < -0.39 is 4.92 Å². The van der Waals surface area contributed by atoms with E-state index in [1.54, 1.807) is 24.8 Å². The van der Waals surface area contributed by atoms with Gasteiger partial charge in [-0.15, -0.1) is 0 Å². The standard InChI is InChI=1S/C12H13N3O3/c1-8-10(4-3-5-11(8)15(17)18)12(16)14-7-6-13-9(14)2/h3-5H,6-7H2,1-2H3. The molecule has 6 heteroatoms. The van der Waals surface area contributed by atoms with Crippen molar-refractivity contribution in [3.05, 3.63) is 39.4 Å². The number of nitro benzene ring substituents is 1. The van der Waals surface area contributed by atoms with Crippen molar-refractivity contribution in [2.24, 2.45) is 4.99 Å². The second-order valence-electron chi connectivity index (χ2n) is 4.09. The first-order chi connectivity index (χ1) is 8.52. The molecule has 0 aliphatic carbocycles. The lowest BCUT2D eigenvalue weighted by molar-refractivity contribution is -0.385. The first-order valence-corrected chi connectivity index (χ1v) is 5.59. The van der Waals surface area contributed by atoms with Gasteiger partial charge >= 0.3 is 0 Å². The minimum atomic E-state index is -0.475. The van der Waals surface area contributed by atoms with E-state index in [2.05, 4.69) is 4.99 Å². The van der Waals surface area contributed by atoms with Gasteiger partial charge in [0.15, 0.2) is 0 Å². The summed E-state index contributed by atoms with van der Waals surface area (Å²) in [5, 5.41) is 10.8. The van der Waals surface area contributed by atoms with Gasteiger partial charge in [0.05, 0.1) is 11.5 Å². The first kappa shape index (κ1) is 12.2. The molecule has 1 aliphatic heterocycles. The maximum Gasteiger partial charge on any atom is 0.273 e. The Balaban J connectivity index is 2.40. The molecule has 0 fully saturated rings. The summed E-state index contributed by atoms with van der Waals surface area (Å²) in [5.41, 5.74) is 0.725. The van der Waals surface area contributed by atoms with E-state index in [0.29, 0.717) is 30.1 Å². The van der Waals surface area contributed by atoms with Crippen molar-refractivity contribution < 1.29 is 9.72 Å². The highest BCUT2D eigenvalue weighted by molar-refractivity contribution is 6.07. The van der Waals surface area contributed by atoms with Crippen LogP contribution < -0.4 is 0 Å². The van der Waals surface area contributed by atoms with Gasteiger partial charge in [0.2, 0.25) is 0 Å². The van der Waals surface area contributed by atoms with Gasteiger partial charge in [-0.05, 0) is 19.9 Å². The van der Waals surface area contributed by atoms with E-state index in [1.807, 2.05) is 0 Å². The molecular weight excluding hydrogens is 234 g/mol. The van der Waals surface area contributed by atoms with Crippen LogP contribution in [0.1, 0.15) is 22.8 Å². The molecule has 1 aliphatic rings. The molecule has 0 spiro atoms. The van der Waals surface area contributed by atoms with Crippen LogP contribution in [0.3, 0.4) is 0 Å². The van der Waals surface area contributed by atoms with Crippen molar-refractivity contribution in [3.63, 3.8) is 0 Å². The zero-order chi connectivity index (χ0) is 13.3. The Morgan fingerprint density at radius 3 is 2.72 bits per heavy atom. The molecular formula is C12H13N3O3. The molecule has 0 atom stereocenters. The van der Waals surface area contributed by atoms with E-state index >= 15 is 0 Å². The second-order valence-corrected chi connectivity index (χ2v) is 4.09. The predicted molar refractivity (Wildman–Crippen MR) is 66.8 cm³/mol. The summed E-state index contributed by atoms with van der Waals surface area (Å²) in [6.07, 6.45) is 0. The van der Waals surface area contributed by atoms with Crippen LogP contribution in [-0.2, 0) is 0 Å². The lowest BCUT2D eigenvalue weighted by Crippen LogP contribution is -2.33. The summed E-state index contributed by atoms with van der Waals surface area (Å²) in [6.45, 7) is 4.48. The van der Waals surface area contributed by atoms with E-state index in [4.69, 9.17) is 0 Å². The number of carbonyl (C=O) groups is 1. The molecule has 0 bridgehead atoms. The van der Waals surface area contributed by atoms with E-state index in [1.165, 1.54) is 12.1 Å². The Kier molecular flexibility index (Phi) is 3.10. The third-order valence-corrected chi connectivity index (χ3v) is 3.03. The van der Waals surface area contributed by atoms with E-state index in [9.17, 15) is 14.9 Å². The minimum Gasteiger partial charge on any atom is -0.295 e. The summed E-state index contributed by atoms with van der Waals surface area (Å²) in [4.78, 5) is 28.3. The predicted octanol–water partition coefficient (Wildman–Crippen LogP) is 1.78. The normalized spacial score (nSPS) is 14.6. The highest BCUT2D eigenvalue weighted by Gasteiger charge is 2.25. The van der Waals surface area contributed by atoms with Crippen LogP contribution in [0.25, 0.3) is 0 Å². The summed E-state index contributed by atoms with van der Waals surface area (Å²) in [7, 11) is 0. The summed E-state index contributed by atoms with van der Waals surface area (Å²) < 4.78 is 0. The summed E-state index contributed by atoms with van der Waals surface area (Å²) in [6, 6.07) is 4.54. The van der Waals surface area contributed by atoms with Crippen LogP contribution in [0, 0.1) is 17.0 Å². The highest BCUT2D eigenvalue weighted by Crippen LogP contribution is 2.22. The quantitative estimate of drug-likeness (QED) is 0.590. The zero-order valence-corrected chi connectivity index (χ0v) is 10.2. The largest absolute Gasteiger partial charge is 0.295 e. The number of rotatable bonds is 2. The van der Waals surface area contributed by atoms with Crippen LogP contribution in [0.4, 0.5) is 5.69 Å². The molecule has 0 unspecified atom stereocenters. The number of nitrogens with zero attached hydrogens (tertiary/aromatic N) is 3. The molecule has 94 valence electrons. The number of amides is 1. The zero-order valence-electron chi connectivity index (χ0n) is 10.2. The van der Waals surface area contributed by atoms with Crippen LogP contribution in [0.15, 0.2) is 23.2 Å². The SMILES string of the molecule is CC1=NCCN1C(=O)c1cccc([N+](=O)[O-])c1C. The average molecular weight is 247 g/mol. The van der Waals surface area contributed by atoms with Crippen molar-refractivity contribution in [2.45, 2.75) is 13.8 Å². The fraction of sp³-hybridized carbons (Fsp3) is 0.333. The van der Waals surface area contributed by atoms with Gasteiger partial charge in [0.1, 0.15) is 5.84 Å². The first-order valence-electron chi connectivity index (χ1n) is 5.59. The van der Waals surface area contributed by atoms with Crippen molar-refractivity contribution in [2.75, 3.05) is 13.1 Å². The van der Waals surface area contributed by atoms with E-state index in [0.717, 1.165) is 0 Å². The van der Waals surface area contributed by atoms with E-state index in [-0.39, 0.29) is 11.6 Å². The second kappa shape index (κ2) is 4.56. The highest BCUT2D eigenvalue weighted by atomic mass is 16.6. The summed E-state index contributed by atoms with van der Waals surface area (Å²) in [5.74, 6) is 0.431. The van der Waals surface area contributed by atoms with Crippen molar-refractivity contribution in [1.82, 2.24) is 4.90 Å². The van der Waals surface area contributed by atoms with Crippen molar-refractivity contribution >= 4 is 17.4 Å². The summed E-state index contributed by atoms with van der Waals surface area (Å²) >= 11 is 0. The molecule has 0 saturated carbocycles. The molecule has 18 heavy (non-hydrogen) atoms. The lowest BCUT2D eigenvalue weighted by Gasteiger charge is -2.17. The number of hydrogen-bond donors (Lipinski definition) is 0. The third-order valence-electron chi connectivity index (χ3n) is 3.03. The van der Waals surface area contributed by atoms with Gasteiger partial charge in [-0.1, -0.05) is 6.07 Å². The topological polar surface area (TPSA) is 75.8 Å². The molecule has 1 aromatic rings. The third kappa shape index (κ3) is 1.97. The lowest BCUT2D eigenvalue weighted by atomic mass is 10.1. The van der Waals surface area contributed by atoms with Gasteiger partial charge < -0.3 is 0 Å². The number of carbonyl (C=O) groups excluding carboxylic acids is 1. The number of aliphatic imine (C=N–C) groups is 1. The average Bonchev–Trinajstić information content (AvgIpc) is 2.74. The molecule has 0 aromatic heterocycles. The Morgan fingerprint density at radius 2 is 2.17 bits per heavy atom. The Bertz CT molecular complexity index is 551. The van der Waals surface area contributed by atoms with Gasteiger partial charge in [0, 0.05) is 23.7 Å². The van der Waals surface area contributed by atoms with Crippen molar-refractivity contribution in [1.29, 1.82) is 0 Å². The van der Waals surface area contributed by atoms with Gasteiger partial charge in [-0.25, -0.2) is 0 Å². The maximum atomic E-state index is 12.3. The molecule has 2 rings (SSSR count). The fourth-order valence-corrected chi connectivity index (χ4v) is 2.01. The molecule has 1 amide bonds. The van der Waals surface area contributed by atoms with Crippen LogP contribution in [0.2, 0.25) is 0 Å². The Hall–Kier alpha value is -2.24. The molecule has 0 saturated heterocycles. The Morgan fingerprint density at radius 1 is 1.44 bits per heavy atom. The molecule has 0 radical (unpaired) electrons. The number of hydrogen-bond acceptors (Lipinski definition) is 4. The smallest absolute Gasteiger partial charge is 0.273 e. The fourth-order valence-electron chi connectivity index (χ4n) is 2.01. The number of amidine groups is 1. The minimum absolute atomic E-state index is 0.0327. The van der Waals surface area contributed by atoms with Gasteiger partial charge in [0.25, 0.3) is 11.6 Å². The van der Waals surface area contributed by atoms with Crippen LogP contribution in [0.5, 0.6) is 0 Å². The molecule has 1 aromatic carbocycles.